The molecule has 1 saturated heterocycles. The van der Waals surface area contributed by atoms with Crippen LogP contribution in [0.3, 0.4) is 0 Å². The Hall–Kier alpha value is -2.39. The van der Waals surface area contributed by atoms with Crippen molar-refractivity contribution in [1.29, 1.82) is 0 Å². The molecular weight excluding hydrogens is 372 g/mol. The highest BCUT2D eigenvalue weighted by atomic mass is 35.5. The van der Waals surface area contributed by atoms with Gasteiger partial charge in [-0.1, -0.05) is 5.16 Å². The Morgan fingerprint density at radius 1 is 1.33 bits per heavy atom. The summed E-state index contributed by atoms with van der Waals surface area (Å²) in [6.45, 7) is 2.87. The van der Waals surface area contributed by atoms with Gasteiger partial charge in [-0.25, -0.2) is 0 Å². The van der Waals surface area contributed by atoms with E-state index in [4.69, 9.17) is 4.52 Å². The molecule has 2 amide bonds. The lowest BCUT2D eigenvalue weighted by Crippen LogP contribution is -2.45. The number of aryl methyl sites for hydroxylation is 2. The molecule has 2 N–H and O–H groups in total. The topological polar surface area (TPSA) is 105 Å². The largest absolute Gasteiger partial charge is 0.360 e. The van der Waals surface area contributed by atoms with Crippen molar-refractivity contribution in [3.63, 3.8) is 0 Å². The molecule has 0 spiro atoms. The van der Waals surface area contributed by atoms with Crippen LogP contribution in [0.2, 0.25) is 0 Å². The van der Waals surface area contributed by atoms with Crippen molar-refractivity contribution in [2.24, 2.45) is 13.0 Å². The number of nitrogens with one attached hydrogen (secondary N) is 2. The SMILES string of the molecule is CNC(C(=O)N1CCC(C(=O)Nc2cc(C)on2)CC1)c1cnn(C)c1.Cl. The van der Waals surface area contributed by atoms with E-state index in [9.17, 15) is 9.59 Å². The molecule has 1 atom stereocenters. The van der Waals surface area contributed by atoms with Crippen molar-refractivity contribution in [1.82, 2.24) is 25.2 Å². The van der Waals surface area contributed by atoms with Crippen LogP contribution in [0.1, 0.15) is 30.2 Å². The Labute approximate surface area is 163 Å². The number of hydrogen-bond acceptors (Lipinski definition) is 6. The number of carbonyl (C=O) groups is 2. The second kappa shape index (κ2) is 9.01. The van der Waals surface area contributed by atoms with Gasteiger partial charge < -0.3 is 20.1 Å². The van der Waals surface area contributed by atoms with Gasteiger partial charge in [-0.2, -0.15) is 5.10 Å². The molecule has 3 heterocycles. The second-order valence-corrected chi connectivity index (χ2v) is 6.58. The molecule has 0 saturated carbocycles. The maximum atomic E-state index is 12.8. The molecule has 10 heteroatoms. The minimum atomic E-state index is -0.424. The van der Waals surface area contributed by atoms with Crippen LogP contribution in [0.15, 0.2) is 23.0 Å². The van der Waals surface area contributed by atoms with Crippen LogP contribution >= 0.6 is 12.4 Å². The molecule has 1 aliphatic rings. The Morgan fingerprint density at radius 3 is 2.56 bits per heavy atom. The van der Waals surface area contributed by atoms with E-state index < -0.39 is 6.04 Å². The fraction of sp³-hybridized carbons (Fsp3) is 0.529. The van der Waals surface area contributed by atoms with Gasteiger partial charge >= 0.3 is 0 Å². The molecule has 2 aromatic heterocycles. The van der Waals surface area contributed by atoms with E-state index in [2.05, 4.69) is 20.9 Å². The molecule has 3 rings (SSSR count). The van der Waals surface area contributed by atoms with Crippen molar-refractivity contribution in [2.45, 2.75) is 25.8 Å². The average Bonchev–Trinajstić information content (AvgIpc) is 3.24. The maximum absolute atomic E-state index is 12.8. The summed E-state index contributed by atoms with van der Waals surface area (Å²) in [6, 6.07) is 1.26. The third kappa shape index (κ3) is 4.86. The highest BCUT2D eigenvalue weighted by Gasteiger charge is 2.31. The summed E-state index contributed by atoms with van der Waals surface area (Å²) in [4.78, 5) is 27.0. The van der Waals surface area contributed by atoms with Gasteiger partial charge in [0.05, 0.1) is 6.20 Å². The first-order valence-corrected chi connectivity index (χ1v) is 8.66. The zero-order chi connectivity index (χ0) is 18.7. The normalized spacial score (nSPS) is 15.9. The summed E-state index contributed by atoms with van der Waals surface area (Å²) in [7, 11) is 3.58. The molecule has 0 bridgehead atoms. The van der Waals surface area contributed by atoms with Gasteiger partial charge in [0, 0.05) is 43.9 Å². The zero-order valence-electron chi connectivity index (χ0n) is 15.6. The number of halogens is 1. The molecule has 1 unspecified atom stereocenters. The minimum absolute atomic E-state index is 0. The van der Waals surface area contributed by atoms with E-state index in [0.717, 1.165) is 5.56 Å². The average molecular weight is 397 g/mol. The highest BCUT2D eigenvalue weighted by Crippen LogP contribution is 2.23. The van der Waals surface area contributed by atoms with E-state index in [1.54, 1.807) is 35.8 Å². The van der Waals surface area contributed by atoms with Crippen molar-refractivity contribution in [3.8, 4) is 0 Å². The molecule has 1 aliphatic heterocycles. The van der Waals surface area contributed by atoms with Crippen LogP contribution in [0.4, 0.5) is 5.82 Å². The smallest absolute Gasteiger partial charge is 0.244 e. The predicted molar refractivity (Wildman–Crippen MR) is 101 cm³/mol. The van der Waals surface area contributed by atoms with E-state index in [1.165, 1.54) is 0 Å². The molecule has 0 aliphatic carbocycles. The molecule has 148 valence electrons. The van der Waals surface area contributed by atoms with Crippen LogP contribution in [-0.2, 0) is 16.6 Å². The van der Waals surface area contributed by atoms with Crippen molar-refractivity contribution in [3.05, 3.63) is 29.8 Å². The number of likely N-dealkylation sites (tertiary alicyclic amines) is 1. The third-order valence-electron chi connectivity index (χ3n) is 4.65. The Bertz CT molecular complexity index is 781. The lowest BCUT2D eigenvalue weighted by Gasteiger charge is -2.33. The van der Waals surface area contributed by atoms with E-state index in [1.807, 2.05) is 13.2 Å². The van der Waals surface area contributed by atoms with Crippen LogP contribution in [0, 0.1) is 12.8 Å². The number of rotatable bonds is 5. The molecule has 27 heavy (non-hydrogen) atoms. The summed E-state index contributed by atoms with van der Waals surface area (Å²) in [5, 5.41) is 13.7. The van der Waals surface area contributed by atoms with E-state index >= 15 is 0 Å². The van der Waals surface area contributed by atoms with E-state index in [0.29, 0.717) is 37.5 Å². The minimum Gasteiger partial charge on any atom is -0.360 e. The summed E-state index contributed by atoms with van der Waals surface area (Å²) in [6.07, 6.45) is 4.77. The lowest BCUT2D eigenvalue weighted by atomic mass is 9.95. The van der Waals surface area contributed by atoms with Gasteiger partial charge in [-0.05, 0) is 26.8 Å². The van der Waals surface area contributed by atoms with Gasteiger partial charge in [0.2, 0.25) is 11.8 Å². The molecule has 1 fully saturated rings. The first-order chi connectivity index (χ1) is 12.5. The summed E-state index contributed by atoms with van der Waals surface area (Å²) < 4.78 is 6.63. The zero-order valence-corrected chi connectivity index (χ0v) is 16.5. The van der Waals surface area contributed by atoms with Crippen molar-refractivity contribution in [2.75, 3.05) is 25.5 Å². The van der Waals surface area contributed by atoms with Gasteiger partial charge in [0.15, 0.2) is 5.82 Å². The Kier molecular flexibility index (Phi) is 6.98. The maximum Gasteiger partial charge on any atom is 0.244 e. The number of aromatic nitrogens is 3. The third-order valence-corrected chi connectivity index (χ3v) is 4.65. The van der Waals surface area contributed by atoms with Crippen molar-refractivity contribution < 1.29 is 14.1 Å². The number of anilines is 1. The van der Waals surface area contributed by atoms with E-state index in [-0.39, 0.29) is 30.1 Å². The number of hydrogen-bond donors (Lipinski definition) is 2. The molecule has 9 nitrogen and oxygen atoms in total. The molecule has 0 aromatic carbocycles. The number of amides is 2. The summed E-state index contributed by atoms with van der Waals surface area (Å²) in [5.41, 5.74) is 0.835. The fourth-order valence-corrected chi connectivity index (χ4v) is 3.22. The molecule has 2 aromatic rings. The number of nitrogens with zero attached hydrogens (tertiary/aromatic N) is 4. The Balaban J connectivity index is 0.00000261. The van der Waals surface area contributed by atoms with Crippen LogP contribution in [-0.4, -0.2) is 51.8 Å². The first kappa shape index (κ1) is 20.9. The fourth-order valence-electron chi connectivity index (χ4n) is 3.22. The molecular formula is C17H25ClN6O3. The quantitative estimate of drug-likeness (QED) is 0.788. The summed E-state index contributed by atoms with van der Waals surface area (Å²) >= 11 is 0. The first-order valence-electron chi connectivity index (χ1n) is 8.66. The second-order valence-electron chi connectivity index (χ2n) is 6.58. The number of piperidine rings is 1. The van der Waals surface area contributed by atoms with Gasteiger partial charge in [-0.15, -0.1) is 12.4 Å². The lowest BCUT2D eigenvalue weighted by molar-refractivity contribution is -0.136. The van der Waals surface area contributed by atoms with Crippen molar-refractivity contribution >= 4 is 30.0 Å². The standard InChI is InChI=1S/C17H24N6O3.ClH/c1-11-8-14(21-26-11)20-16(24)12-4-6-23(7-5-12)17(25)15(18-2)13-9-19-22(3)10-13;/h8-10,12,15,18H,4-7H2,1-3H3,(H,20,21,24);1H. The van der Waals surface area contributed by atoms with Gasteiger partial charge in [0.1, 0.15) is 11.8 Å². The van der Waals surface area contributed by atoms with Gasteiger partial charge in [0.25, 0.3) is 0 Å². The Morgan fingerprint density at radius 2 is 2.04 bits per heavy atom. The summed E-state index contributed by atoms with van der Waals surface area (Å²) in [5.74, 6) is 0.865. The van der Waals surface area contributed by atoms with Crippen LogP contribution in [0.5, 0.6) is 0 Å². The number of likely N-dealkylation sites (N-methyl/N-ethyl adjacent to an activating group) is 1. The molecule has 0 radical (unpaired) electrons. The highest BCUT2D eigenvalue weighted by molar-refractivity contribution is 5.92. The van der Waals surface area contributed by atoms with Gasteiger partial charge in [-0.3, -0.25) is 14.3 Å². The van der Waals surface area contributed by atoms with Crippen LogP contribution < -0.4 is 10.6 Å². The van der Waals surface area contributed by atoms with Crippen LogP contribution in [0.25, 0.3) is 0 Å². The number of carbonyl (C=O) groups excluding carboxylic acids is 2. The predicted octanol–water partition coefficient (Wildman–Crippen LogP) is 1.28. The monoisotopic (exact) mass is 396 g/mol.